The SMILES string of the molecule is CC(=O)NCC1CCN(c2c(F)c(F)c3c(=O)c(C(=O)O)cn(C4CC4)c3c2F)C1. The molecular weight excluding hydrogens is 403 g/mol. The Hall–Kier alpha value is -3.04. The highest BCUT2D eigenvalue weighted by Gasteiger charge is 2.35. The van der Waals surface area contributed by atoms with Crippen LogP contribution in [0.1, 0.15) is 42.6 Å². The summed E-state index contributed by atoms with van der Waals surface area (Å²) in [5.41, 5.74) is -2.95. The largest absolute Gasteiger partial charge is 0.477 e. The molecule has 1 atom stereocenters. The molecule has 1 aromatic carbocycles. The predicted octanol–water partition coefficient (Wildman–Crippen LogP) is 2.41. The van der Waals surface area contributed by atoms with Crippen LogP contribution in [0.15, 0.2) is 11.0 Å². The minimum absolute atomic E-state index is 0.0635. The molecule has 0 spiro atoms. The molecule has 2 fully saturated rings. The van der Waals surface area contributed by atoms with E-state index in [1.807, 2.05) is 0 Å². The molecule has 1 aromatic heterocycles. The van der Waals surface area contributed by atoms with Crippen molar-refractivity contribution in [2.24, 2.45) is 5.92 Å². The lowest BCUT2D eigenvalue weighted by Crippen LogP contribution is -2.30. The number of benzene rings is 1. The van der Waals surface area contributed by atoms with Gasteiger partial charge in [-0.15, -0.1) is 0 Å². The zero-order valence-corrected chi connectivity index (χ0v) is 16.2. The number of pyridine rings is 1. The maximum atomic E-state index is 15.5. The molecule has 1 saturated heterocycles. The first kappa shape index (κ1) is 20.2. The van der Waals surface area contributed by atoms with E-state index in [1.54, 1.807) is 0 Å². The number of hydrogen-bond donors (Lipinski definition) is 2. The van der Waals surface area contributed by atoms with Crippen LogP contribution in [0.25, 0.3) is 10.9 Å². The van der Waals surface area contributed by atoms with Gasteiger partial charge >= 0.3 is 5.97 Å². The van der Waals surface area contributed by atoms with E-state index < -0.39 is 51.0 Å². The summed E-state index contributed by atoms with van der Waals surface area (Å²) in [6, 6.07) is -0.274. The Balaban J connectivity index is 1.86. The highest BCUT2D eigenvalue weighted by Crippen LogP contribution is 2.41. The van der Waals surface area contributed by atoms with Crippen molar-refractivity contribution in [2.45, 2.75) is 32.2 Å². The third-order valence-corrected chi connectivity index (χ3v) is 5.68. The van der Waals surface area contributed by atoms with Crippen LogP contribution < -0.4 is 15.6 Å². The van der Waals surface area contributed by atoms with Gasteiger partial charge in [0.1, 0.15) is 11.3 Å². The number of aromatic carboxylic acids is 1. The fourth-order valence-corrected chi connectivity index (χ4v) is 4.04. The minimum atomic E-state index is -1.58. The zero-order valence-electron chi connectivity index (χ0n) is 16.2. The van der Waals surface area contributed by atoms with Crippen LogP contribution in [0.3, 0.4) is 0 Å². The van der Waals surface area contributed by atoms with Crippen LogP contribution in [0.2, 0.25) is 0 Å². The van der Waals surface area contributed by atoms with Crippen molar-refractivity contribution in [3.05, 3.63) is 39.4 Å². The van der Waals surface area contributed by atoms with Gasteiger partial charge in [-0.3, -0.25) is 9.59 Å². The van der Waals surface area contributed by atoms with Crippen molar-refractivity contribution in [2.75, 3.05) is 24.5 Å². The summed E-state index contributed by atoms with van der Waals surface area (Å²) in [7, 11) is 0. The van der Waals surface area contributed by atoms with Gasteiger partial charge in [-0.05, 0) is 25.2 Å². The van der Waals surface area contributed by atoms with Crippen molar-refractivity contribution in [3.63, 3.8) is 0 Å². The summed E-state index contributed by atoms with van der Waals surface area (Å²) in [6.07, 6.45) is 2.80. The molecule has 1 aliphatic heterocycles. The molecule has 7 nitrogen and oxygen atoms in total. The fraction of sp³-hybridized carbons (Fsp3) is 0.450. The number of carboxylic acid groups (broad SMARTS) is 1. The summed E-state index contributed by atoms with van der Waals surface area (Å²) >= 11 is 0. The summed E-state index contributed by atoms with van der Waals surface area (Å²) in [5, 5.41) is 11.0. The molecule has 2 aromatic rings. The van der Waals surface area contributed by atoms with Crippen molar-refractivity contribution in [3.8, 4) is 0 Å². The van der Waals surface area contributed by atoms with E-state index in [0.717, 1.165) is 6.20 Å². The number of carbonyl (C=O) groups is 2. The third-order valence-electron chi connectivity index (χ3n) is 5.68. The number of nitrogens with zero attached hydrogens (tertiary/aromatic N) is 2. The minimum Gasteiger partial charge on any atom is -0.477 e. The number of carboxylic acids is 1. The Kier molecular flexibility index (Phi) is 4.95. The van der Waals surface area contributed by atoms with E-state index in [9.17, 15) is 28.3 Å². The monoisotopic (exact) mass is 423 g/mol. The molecule has 2 heterocycles. The average molecular weight is 423 g/mol. The Labute approximate surface area is 169 Å². The lowest BCUT2D eigenvalue weighted by atomic mass is 10.1. The smallest absolute Gasteiger partial charge is 0.341 e. The van der Waals surface area contributed by atoms with Crippen molar-refractivity contribution < 1.29 is 27.9 Å². The average Bonchev–Trinajstić information content (AvgIpc) is 3.42. The van der Waals surface area contributed by atoms with Gasteiger partial charge in [0.05, 0.1) is 10.9 Å². The highest BCUT2D eigenvalue weighted by molar-refractivity contribution is 5.94. The molecule has 1 unspecified atom stereocenters. The van der Waals surface area contributed by atoms with E-state index in [-0.39, 0.29) is 31.0 Å². The molecule has 1 aliphatic carbocycles. The number of amides is 1. The molecule has 1 amide bonds. The van der Waals surface area contributed by atoms with Gasteiger partial charge in [0.2, 0.25) is 11.3 Å². The number of halogens is 3. The molecule has 30 heavy (non-hydrogen) atoms. The van der Waals surface area contributed by atoms with E-state index >= 15 is 4.39 Å². The molecular formula is C20H20F3N3O4. The van der Waals surface area contributed by atoms with Crippen LogP contribution in [0, 0.1) is 23.4 Å². The summed E-state index contributed by atoms with van der Waals surface area (Å²) < 4.78 is 46.7. The number of aromatic nitrogens is 1. The van der Waals surface area contributed by atoms with Crippen LogP contribution in [0.4, 0.5) is 18.9 Å². The lowest BCUT2D eigenvalue weighted by molar-refractivity contribution is -0.119. The van der Waals surface area contributed by atoms with Gasteiger partial charge in [0.25, 0.3) is 0 Å². The Morgan fingerprint density at radius 3 is 2.47 bits per heavy atom. The number of carbonyl (C=O) groups excluding carboxylic acids is 1. The van der Waals surface area contributed by atoms with Gasteiger partial charge < -0.3 is 19.9 Å². The van der Waals surface area contributed by atoms with Gasteiger partial charge in [0, 0.05) is 38.8 Å². The molecule has 0 radical (unpaired) electrons. The fourth-order valence-electron chi connectivity index (χ4n) is 4.04. The standard InChI is InChI=1S/C20H20F3N3O4/c1-9(27)24-6-10-4-5-25(7-10)18-15(22)14(21)13-17(16(18)23)26(11-2-3-11)8-12(19(13)28)20(29)30/h8,10-11H,2-7H2,1H3,(H,24,27)(H,29,30). The quantitative estimate of drug-likeness (QED) is 0.721. The number of fused-ring (bicyclic) bond motifs is 1. The van der Waals surface area contributed by atoms with Crippen LogP contribution >= 0.6 is 0 Å². The molecule has 4 rings (SSSR count). The molecule has 10 heteroatoms. The number of anilines is 1. The zero-order chi connectivity index (χ0) is 21.7. The number of rotatable bonds is 5. The molecule has 160 valence electrons. The van der Waals surface area contributed by atoms with Crippen LogP contribution in [0.5, 0.6) is 0 Å². The van der Waals surface area contributed by atoms with E-state index in [1.165, 1.54) is 16.4 Å². The maximum Gasteiger partial charge on any atom is 0.341 e. The molecule has 1 saturated carbocycles. The first-order valence-corrected chi connectivity index (χ1v) is 9.68. The first-order valence-electron chi connectivity index (χ1n) is 9.68. The molecule has 2 aliphatic rings. The van der Waals surface area contributed by atoms with Crippen molar-refractivity contribution in [1.82, 2.24) is 9.88 Å². The molecule has 0 bridgehead atoms. The normalized spacial score (nSPS) is 18.8. The Morgan fingerprint density at radius 2 is 1.87 bits per heavy atom. The van der Waals surface area contributed by atoms with E-state index in [4.69, 9.17) is 0 Å². The molecule has 2 N–H and O–H groups in total. The van der Waals surface area contributed by atoms with E-state index in [0.29, 0.717) is 25.8 Å². The van der Waals surface area contributed by atoms with Gasteiger partial charge in [-0.2, -0.15) is 0 Å². The van der Waals surface area contributed by atoms with E-state index in [2.05, 4.69) is 5.32 Å². The first-order chi connectivity index (χ1) is 14.2. The topological polar surface area (TPSA) is 91.6 Å². The van der Waals surface area contributed by atoms with Crippen molar-refractivity contribution in [1.29, 1.82) is 0 Å². The Bertz CT molecular complexity index is 1130. The van der Waals surface area contributed by atoms with Gasteiger partial charge in [-0.1, -0.05) is 0 Å². The van der Waals surface area contributed by atoms with Crippen LogP contribution in [-0.4, -0.2) is 41.2 Å². The third kappa shape index (κ3) is 3.29. The summed E-state index contributed by atoms with van der Waals surface area (Å²) in [6.45, 7) is 2.16. The summed E-state index contributed by atoms with van der Waals surface area (Å²) in [5.74, 6) is -6.00. The number of nitrogens with one attached hydrogen (secondary N) is 1. The predicted molar refractivity (Wildman–Crippen MR) is 102 cm³/mol. The second-order valence-electron chi connectivity index (χ2n) is 7.87. The second-order valence-corrected chi connectivity index (χ2v) is 7.87. The summed E-state index contributed by atoms with van der Waals surface area (Å²) in [4.78, 5) is 36.4. The lowest BCUT2D eigenvalue weighted by Gasteiger charge is -2.23. The Morgan fingerprint density at radius 1 is 1.17 bits per heavy atom. The van der Waals surface area contributed by atoms with Crippen LogP contribution in [-0.2, 0) is 4.79 Å². The van der Waals surface area contributed by atoms with Crippen molar-refractivity contribution >= 4 is 28.5 Å². The second kappa shape index (κ2) is 7.33. The number of hydrogen-bond acceptors (Lipinski definition) is 4. The maximum absolute atomic E-state index is 15.5. The van der Waals surface area contributed by atoms with Gasteiger partial charge in [0.15, 0.2) is 17.5 Å². The highest BCUT2D eigenvalue weighted by atomic mass is 19.2. The van der Waals surface area contributed by atoms with Gasteiger partial charge in [-0.25, -0.2) is 18.0 Å².